The molecule has 1 atom stereocenters. The summed E-state index contributed by atoms with van der Waals surface area (Å²) >= 11 is 0. The number of nitrogens with zero attached hydrogens (tertiary/aromatic N) is 2. The van der Waals surface area contributed by atoms with Crippen LogP contribution in [-0.4, -0.2) is 49.6 Å². The fourth-order valence-electron chi connectivity index (χ4n) is 3.17. The summed E-state index contributed by atoms with van der Waals surface area (Å²) in [6.07, 6.45) is 4.05. The van der Waals surface area contributed by atoms with E-state index in [0.29, 0.717) is 32.6 Å². The van der Waals surface area contributed by atoms with Crippen molar-refractivity contribution in [1.82, 2.24) is 4.90 Å². The van der Waals surface area contributed by atoms with E-state index in [-0.39, 0.29) is 17.9 Å². The molecule has 2 amide bonds. The Bertz CT molecular complexity index is 612. The van der Waals surface area contributed by atoms with Crippen LogP contribution in [0.3, 0.4) is 0 Å². The van der Waals surface area contributed by atoms with Gasteiger partial charge in [0.05, 0.1) is 13.2 Å². The quantitative estimate of drug-likeness (QED) is 0.857. The maximum Gasteiger partial charge on any atom is 0.250 e. The second-order valence-corrected chi connectivity index (χ2v) is 5.95. The molecule has 3 rings (SSSR count). The molecule has 5 nitrogen and oxygen atoms in total. The lowest BCUT2D eigenvalue weighted by atomic mass is 10.0. The van der Waals surface area contributed by atoms with Gasteiger partial charge in [0, 0.05) is 31.3 Å². The summed E-state index contributed by atoms with van der Waals surface area (Å²) in [6, 6.07) is 9.26. The zero-order chi connectivity index (χ0) is 16.2. The molecule has 2 heterocycles. The molecule has 0 unspecified atom stereocenters. The number of likely N-dealkylation sites (N-methyl/N-ethyl adjacent to an activating group) is 1. The normalized spacial score (nSPS) is 21.8. The summed E-state index contributed by atoms with van der Waals surface area (Å²) in [6.45, 7) is 1.75. The number of para-hydroxylation sites is 1. The standard InChI is InChI=1S/C18H22N2O3/c1-19(17(21)14-9-12-23-13-10-14)16-8-5-11-20(18(16)22)15-6-3-2-4-7-15/h2-4,6-7,9,16H,5,8,10-13H2,1H3/t16-/m1/s1. The number of ether oxygens (including phenoxy) is 1. The number of hydrogen-bond donors (Lipinski definition) is 0. The molecule has 0 N–H and O–H groups in total. The van der Waals surface area contributed by atoms with Crippen molar-refractivity contribution in [3.63, 3.8) is 0 Å². The summed E-state index contributed by atoms with van der Waals surface area (Å²) < 4.78 is 5.25. The predicted octanol–water partition coefficient (Wildman–Crippen LogP) is 1.99. The van der Waals surface area contributed by atoms with Gasteiger partial charge in [-0.1, -0.05) is 24.3 Å². The molecule has 1 fully saturated rings. The Morgan fingerprint density at radius 1 is 1.30 bits per heavy atom. The SMILES string of the molecule is CN(C(=O)C1=CCOCC1)[C@@H]1CCCN(c2ccccc2)C1=O. The minimum Gasteiger partial charge on any atom is -0.377 e. The molecule has 1 saturated heterocycles. The lowest BCUT2D eigenvalue weighted by molar-refractivity contribution is -0.136. The van der Waals surface area contributed by atoms with E-state index in [1.54, 1.807) is 16.8 Å². The van der Waals surface area contributed by atoms with E-state index in [9.17, 15) is 9.59 Å². The van der Waals surface area contributed by atoms with E-state index in [1.165, 1.54) is 0 Å². The van der Waals surface area contributed by atoms with Gasteiger partial charge in [-0.25, -0.2) is 0 Å². The molecule has 2 aliphatic rings. The Morgan fingerprint density at radius 2 is 2.09 bits per heavy atom. The van der Waals surface area contributed by atoms with Gasteiger partial charge in [-0.2, -0.15) is 0 Å². The second-order valence-electron chi connectivity index (χ2n) is 5.95. The Labute approximate surface area is 136 Å². The van der Waals surface area contributed by atoms with Gasteiger partial charge in [-0.15, -0.1) is 0 Å². The topological polar surface area (TPSA) is 49.9 Å². The Hall–Kier alpha value is -2.14. The first-order valence-electron chi connectivity index (χ1n) is 8.09. The number of rotatable bonds is 3. The Kier molecular flexibility index (Phi) is 4.76. The highest BCUT2D eigenvalue weighted by atomic mass is 16.5. The van der Waals surface area contributed by atoms with Gasteiger partial charge in [0.15, 0.2) is 0 Å². The van der Waals surface area contributed by atoms with Gasteiger partial charge >= 0.3 is 0 Å². The van der Waals surface area contributed by atoms with Crippen LogP contribution in [0, 0.1) is 0 Å². The van der Waals surface area contributed by atoms with E-state index in [0.717, 1.165) is 17.7 Å². The lowest BCUT2D eigenvalue weighted by Crippen LogP contribution is -2.53. The molecular formula is C18H22N2O3. The van der Waals surface area contributed by atoms with Crippen molar-refractivity contribution >= 4 is 17.5 Å². The predicted molar refractivity (Wildman–Crippen MR) is 88.1 cm³/mol. The van der Waals surface area contributed by atoms with E-state index in [4.69, 9.17) is 4.74 Å². The fourth-order valence-corrected chi connectivity index (χ4v) is 3.17. The van der Waals surface area contributed by atoms with Gasteiger partial charge in [-0.05, 0) is 25.0 Å². The van der Waals surface area contributed by atoms with Crippen molar-refractivity contribution in [2.24, 2.45) is 0 Å². The van der Waals surface area contributed by atoms with Gasteiger partial charge in [0.1, 0.15) is 6.04 Å². The van der Waals surface area contributed by atoms with Crippen molar-refractivity contribution in [3.8, 4) is 0 Å². The third-order valence-corrected chi connectivity index (χ3v) is 4.50. The molecule has 23 heavy (non-hydrogen) atoms. The first kappa shape index (κ1) is 15.7. The molecule has 0 radical (unpaired) electrons. The first-order chi connectivity index (χ1) is 11.2. The van der Waals surface area contributed by atoms with Gasteiger partial charge in [0.25, 0.3) is 0 Å². The average molecular weight is 314 g/mol. The van der Waals surface area contributed by atoms with Crippen LogP contribution in [0.15, 0.2) is 42.0 Å². The molecule has 0 bridgehead atoms. The van der Waals surface area contributed by atoms with E-state index < -0.39 is 0 Å². The molecule has 0 spiro atoms. The van der Waals surface area contributed by atoms with Crippen LogP contribution in [0.4, 0.5) is 5.69 Å². The second kappa shape index (κ2) is 6.96. The Morgan fingerprint density at radius 3 is 2.78 bits per heavy atom. The molecule has 122 valence electrons. The largest absolute Gasteiger partial charge is 0.377 e. The number of anilines is 1. The summed E-state index contributed by atoms with van der Waals surface area (Å²) in [4.78, 5) is 28.9. The Balaban J connectivity index is 1.75. The van der Waals surface area contributed by atoms with Crippen LogP contribution in [0.5, 0.6) is 0 Å². The van der Waals surface area contributed by atoms with Gasteiger partial charge in [0.2, 0.25) is 11.8 Å². The number of carbonyl (C=O) groups excluding carboxylic acids is 2. The van der Waals surface area contributed by atoms with Crippen molar-refractivity contribution < 1.29 is 14.3 Å². The summed E-state index contributed by atoms with van der Waals surface area (Å²) in [7, 11) is 1.73. The molecule has 0 saturated carbocycles. The third kappa shape index (κ3) is 3.29. The van der Waals surface area contributed by atoms with E-state index in [1.807, 2.05) is 36.4 Å². The number of carbonyl (C=O) groups is 2. The maximum atomic E-state index is 12.8. The van der Waals surface area contributed by atoms with Gasteiger partial charge < -0.3 is 14.5 Å². The van der Waals surface area contributed by atoms with Crippen molar-refractivity contribution in [2.75, 3.05) is 31.7 Å². The van der Waals surface area contributed by atoms with Crippen LogP contribution in [0.2, 0.25) is 0 Å². The highest BCUT2D eigenvalue weighted by molar-refractivity contribution is 6.02. The molecular weight excluding hydrogens is 292 g/mol. The van der Waals surface area contributed by atoms with Crippen LogP contribution < -0.4 is 4.90 Å². The number of hydrogen-bond acceptors (Lipinski definition) is 3. The maximum absolute atomic E-state index is 12.8. The van der Waals surface area contributed by atoms with Gasteiger partial charge in [-0.3, -0.25) is 9.59 Å². The summed E-state index contributed by atoms with van der Waals surface area (Å²) in [5, 5.41) is 0. The zero-order valence-electron chi connectivity index (χ0n) is 13.4. The number of benzene rings is 1. The zero-order valence-corrected chi connectivity index (χ0v) is 13.4. The minimum absolute atomic E-state index is 0.00552. The third-order valence-electron chi connectivity index (χ3n) is 4.50. The highest BCUT2D eigenvalue weighted by Crippen LogP contribution is 2.24. The molecule has 0 aromatic heterocycles. The monoisotopic (exact) mass is 314 g/mol. The van der Waals surface area contributed by atoms with Crippen LogP contribution in [0.1, 0.15) is 19.3 Å². The van der Waals surface area contributed by atoms with E-state index in [2.05, 4.69) is 0 Å². The average Bonchev–Trinajstić information content (AvgIpc) is 2.62. The first-order valence-corrected chi connectivity index (χ1v) is 8.09. The molecule has 0 aliphatic carbocycles. The van der Waals surface area contributed by atoms with E-state index >= 15 is 0 Å². The molecule has 2 aliphatic heterocycles. The lowest BCUT2D eigenvalue weighted by Gasteiger charge is -2.37. The highest BCUT2D eigenvalue weighted by Gasteiger charge is 2.35. The van der Waals surface area contributed by atoms with Crippen LogP contribution >= 0.6 is 0 Å². The molecule has 1 aromatic rings. The summed E-state index contributed by atoms with van der Waals surface area (Å²) in [5.41, 5.74) is 1.65. The van der Waals surface area contributed by atoms with Crippen molar-refractivity contribution in [1.29, 1.82) is 0 Å². The smallest absolute Gasteiger partial charge is 0.250 e. The minimum atomic E-state index is -0.389. The number of piperidine rings is 1. The fraction of sp³-hybridized carbons (Fsp3) is 0.444. The number of amides is 2. The van der Waals surface area contributed by atoms with Crippen LogP contribution in [-0.2, 0) is 14.3 Å². The summed E-state index contributed by atoms with van der Waals surface area (Å²) in [5.74, 6) is -0.0486. The van der Waals surface area contributed by atoms with Crippen LogP contribution in [0.25, 0.3) is 0 Å². The van der Waals surface area contributed by atoms with Crippen molar-refractivity contribution in [2.45, 2.75) is 25.3 Å². The van der Waals surface area contributed by atoms with Crippen molar-refractivity contribution in [3.05, 3.63) is 42.0 Å². The molecule has 5 heteroatoms. The molecule has 1 aromatic carbocycles.